The number of nitrogens with zero attached hydrogens (tertiary/aromatic N) is 1. The summed E-state index contributed by atoms with van der Waals surface area (Å²) in [6.45, 7) is 2.23. The van der Waals surface area contributed by atoms with Gasteiger partial charge in [0.1, 0.15) is 5.82 Å². The number of carbonyl (C=O) groups excluding carboxylic acids is 1. The quantitative estimate of drug-likeness (QED) is 0.918. The van der Waals surface area contributed by atoms with Crippen LogP contribution in [0, 0.1) is 11.7 Å². The Bertz CT molecular complexity index is 682. The number of benzene rings is 1. The van der Waals surface area contributed by atoms with E-state index in [0.29, 0.717) is 24.4 Å². The zero-order valence-electron chi connectivity index (χ0n) is 13.5. The molecule has 0 aliphatic carbocycles. The minimum atomic E-state index is -0.257. The fourth-order valence-electron chi connectivity index (χ4n) is 2.82. The number of amides is 1. The Kier molecular flexibility index (Phi) is 5.54. The van der Waals surface area contributed by atoms with E-state index in [1.807, 2.05) is 0 Å². The van der Waals surface area contributed by atoms with Crippen molar-refractivity contribution in [1.29, 1.82) is 0 Å². The lowest BCUT2D eigenvalue weighted by Gasteiger charge is -2.22. The zero-order chi connectivity index (χ0) is 16.8. The van der Waals surface area contributed by atoms with E-state index in [1.165, 1.54) is 12.1 Å². The molecule has 3 rings (SSSR count). The highest BCUT2D eigenvalue weighted by atomic mass is 19.1. The summed E-state index contributed by atoms with van der Waals surface area (Å²) in [7, 11) is 0. The lowest BCUT2D eigenvalue weighted by molar-refractivity contribution is 0.0642. The van der Waals surface area contributed by atoms with Gasteiger partial charge in [-0.1, -0.05) is 12.1 Å². The van der Waals surface area contributed by atoms with E-state index in [1.54, 1.807) is 30.5 Å². The molecule has 0 spiro atoms. The fourth-order valence-corrected chi connectivity index (χ4v) is 2.82. The predicted molar refractivity (Wildman–Crippen MR) is 89.3 cm³/mol. The molecule has 0 atom stereocenters. The Morgan fingerprint density at radius 3 is 2.71 bits per heavy atom. The highest BCUT2D eigenvalue weighted by molar-refractivity contribution is 5.94. The number of nitrogens with one attached hydrogen (secondary N) is 1. The van der Waals surface area contributed by atoms with E-state index in [-0.39, 0.29) is 11.7 Å². The molecule has 1 aromatic carbocycles. The molecule has 1 amide bonds. The van der Waals surface area contributed by atoms with E-state index in [2.05, 4.69) is 10.3 Å². The van der Waals surface area contributed by atoms with Gasteiger partial charge in [0.15, 0.2) is 0 Å². The molecule has 5 heteroatoms. The van der Waals surface area contributed by atoms with Crippen molar-refractivity contribution < 1.29 is 13.9 Å². The summed E-state index contributed by atoms with van der Waals surface area (Å²) in [4.78, 5) is 16.6. The number of hydrogen-bond acceptors (Lipinski definition) is 3. The second kappa shape index (κ2) is 8.02. The highest BCUT2D eigenvalue weighted by Crippen LogP contribution is 2.14. The smallest absolute Gasteiger partial charge is 0.251 e. The minimum Gasteiger partial charge on any atom is -0.381 e. The number of carbonyl (C=O) groups is 1. The van der Waals surface area contributed by atoms with Gasteiger partial charge in [0, 0.05) is 43.6 Å². The maximum atomic E-state index is 13.0. The van der Waals surface area contributed by atoms with Crippen LogP contribution in [0.5, 0.6) is 0 Å². The first kappa shape index (κ1) is 16.6. The minimum absolute atomic E-state index is 0.0794. The molecule has 0 unspecified atom stereocenters. The summed E-state index contributed by atoms with van der Waals surface area (Å²) < 4.78 is 18.3. The number of aromatic nitrogens is 1. The molecule has 1 aliphatic rings. The van der Waals surface area contributed by atoms with Crippen LogP contribution in [0.25, 0.3) is 0 Å². The van der Waals surface area contributed by atoms with Crippen molar-refractivity contribution in [2.75, 3.05) is 19.8 Å². The van der Waals surface area contributed by atoms with Crippen LogP contribution in [0.2, 0.25) is 0 Å². The average Bonchev–Trinajstić information content (AvgIpc) is 2.63. The topological polar surface area (TPSA) is 51.2 Å². The van der Waals surface area contributed by atoms with E-state index < -0.39 is 0 Å². The first-order chi connectivity index (χ1) is 11.7. The van der Waals surface area contributed by atoms with Gasteiger partial charge in [-0.3, -0.25) is 9.78 Å². The van der Waals surface area contributed by atoms with Crippen molar-refractivity contribution in [2.45, 2.75) is 19.3 Å². The van der Waals surface area contributed by atoms with Crippen molar-refractivity contribution >= 4 is 5.91 Å². The van der Waals surface area contributed by atoms with E-state index in [9.17, 15) is 9.18 Å². The molecule has 1 N–H and O–H groups in total. The van der Waals surface area contributed by atoms with Crippen LogP contribution in [0.4, 0.5) is 4.39 Å². The lowest BCUT2D eigenvalue weighted by Crippen LogP contribution is -2.32. The van der Waals surface area contributed by atoms with Gasteiger partial charge in [-0.25, -0.2) is 4.39 Å². The number of ether oxygens (including phenoxy) is 1. The molecule has 24 heavy (non-hydrogen) atoms. The van der Waals surface area contributed by atoms with Crippen molar-refractivity contribution in [3.8, 4) is 0 Å². The average molecular weight is 328 g/mol. The van der Waals surface area contributed by atoms with E-state index >= 15 is 0 Å². The molecule has 1 fully saturated rings. The highest BCUT2D eigenvalue weighted by Gasteiger charge is 2.15. The van der Waals surface area contributed by atoms with Crippen LogP contribution in [0.15, 0.2) is 42.6 Å². The first-order valence-electron chi connectivity index (χ1n) is 8.26. The molecular weight excluding hydrogens is 307 g/mol. The lowest BCUT2D eigenvalue weighted by atomic mass is 10.0. The van der Waals surface area contributed by atoms with Crippen molar-refractivity contribution in [3.05, 3.63) is 65.2 Å². The molecule has 0 bridgehead atoms. The third-order valence-electron chi connectivity index (χ3n) is 4.27. The molecule has 2 heterocycles. The predicted octanol–water partition coefficient (Wildman–Crippen LogP) is 2.97. The molecule has 1 saturated heterocycles. The fraction of sp³-hybridized carbons (Fsp3) is 0.368. The summed E-state index contributed by atoms with van der Waals surface area (Å²) in [6, 6.07) is 9.83. The van der Waals surface area contributed by atoms with Gasteiger partial charge in [-0.05, 0) is 48.6 Å². The van der Waals surface area contributed by atoms with Crippen LogP contribution < -0.4 is 5.32 Å². The molecule has 2 aromatic rings. The second-order valence-electron chi connectivity index (χ2n) is 6.10. The summed E-state index contributed by atoms with van der Waals surface area (Å²) >= 11 is 0. The van der Waals surface area contributed by atoms with Crippen LogP contribution in [-0.2, 0) is 11.2 Å². The second-order valence-corrected chi connectivity index (χ2v) is 6.10. The largest absolute Gasteiger partial charge is 0.381 e. The van der Waals surface area contributed by atoms with Crippen LogP contribution in [-0.4, -0.2) is 30.6 Å². The van der Waals surface area contributed by atoms with Gasteiger partial charge in [0.25, 0.3) is 5.91 Å². The molecular formula is C19H21FN2O2. The van der Waals surface area contributed by atoms with Crippen molar-refractivity contribution in [2.24, 2.45) is 5.92 Å². The van der Waals surface area contributed by atoms with Crippen molar-refractivity contribution in [1.82, 2.24) is 10.3 Å². The molecule has 0 saturated carbocycles. The standard InChI is InChI=1S/C19H21FN2O2/c20-17-3-1-14(2-4-17)11-18-12-16(5-8-21-18)19(23)22-13-15-6-9-24-10-7-15/h1-5,8,12,15H,6-7,9-11,13H2,(H,22,23). The summed E-state index contributed by atoms with van der Waals surface area (Å²) in [5.74, 6) is 0.153. The molecule has 1 aliphatic heterocycles. The van der Waals surface area contributed by atoms with Gasteiger partial charge < -0.3 is 10.1 Å². The molecule has 4 nitrogen and oxygen atoms in total. The number of pyridine rings is 1. The third kappa shape index (κ3) is 4.61. The SMILES string of the molecule is O=C(NCC1CCOCC1)c1ccnc(Cc2ccc(F)cc2)c1. The van der Waals surface area contributed by atoms with Crippen LogP contribution in [0.1, 0.15) is 34.5 Å². The van der Waals surface area contributed by atoms with Gasteiger partial charge >= 0.3 is 0 Å². The Balaban J connectivity index is 1.59. The summed E-state index contributed by atoms with van der Waals surface area (Å²) in [5.41, 5.74) is 2.36. The van der Waals surface area contributed by atoms with Gasteiger partial charge in [-0.15, -0.1) is 0 Å². The summed E-state index contributed by atoms with van der Waals surface area (Å²) in [5, 5.41) is 3.00. The van der Waals surface area contributed by atoms with Crippen LogP contribution in [0.3, 0.4) is 0 Å². The van der Waals surface area contributed by atoms with Gasteiger partial charge in [0.05, 0.1) is 0 Å². The van der Waals surface area contributed by atoms with Gasteiger partial charge in [0.2, 0.25) is 0 Å². The number of halogens is 1. The monoisotopic (exact) mass is 328 g/mol. The maximum Gasteiger partial charge on any atom is 0.251 e. The molecule has 0 radical (unpaired) electrons. The van der Waals surface area contributed by atoms with E-state index in [4.69, 9.17) is 4.74 Å². The first-order valence-corrected chi connectivity index (χ1v) is 8.26. The van der Waals surface area contributed by atoms with Crippen LogP contribution >= 0.6 is 0 Å². The Morgan fingerprint density at radius 1 is 1.21 bits per heavy atom. The number of rotatable bonds is 5. The summed E-state index contributed by atoms with van der Waals surface area (Å²) in [6.07, 6.45) is 4.20. The van der Waals surface area contributed by atoms with Crippen molar-refractivity contribution in [3.63, 3.8) is 0 Å². The Labute approximate surface area is 141 Å². The maximum absolute atomic E-state index is 13.0. The normalized spacial score (nSPS) is 15.2. The Morgan fingerprint density at radius 2 is 1.96 bits per heavy atom. The third-order valence-corrected chi connectivity index (χ3v) is 4.27. The number of hydrogen-bond donors (Lipinski definition) is 1. The van der Waals surface area contributed by atoms with E-state index in [0.717, 1.165) is 37.3 Å². The zero-order valence-corrected chi connectivity index (χ0v) is 13.5. The molecule has 1 aromatic heterocycles. The Hall–Kier alpha value is -2.27. The van der Waals surface area contributed by atoms with Gasteiger partial charge in [-0.2, -0.15) is 0 Å². The molecule has 126 valence electrons.